The number of nitrogens with one attached hydrogen (secondary N) is 1. The van der Waals surface area contributed by atoms with E-state index in [1.807, 2.05) is 37.4 Å². The molecule has 3 aromatic rings. The lowest BCUT2D eigenvalue weighted by Gasteiger charge is -2.20. The molecule has 1 aliphatic rings. The zero-order valence-corrected chi connectivity index (χ0v) is 17.6. The van der Waals surface area contributed by atoms with Crippen LogP contribution in [0.3, 0.4) is 0 Å². The number of benzene rings is 2. The Morgan fingerprint density at radius 2 is 1.96 bits per heavy atom. The molecule has 5 nitrogen and oxygen atoms in total. The second kappa shape index (κ2) is 8.32. The minimum atomic E-state index is 0. The number of aliphatic hydroxyl groups excluding tert-OH is 1. The smallest absolute Gasteiger partial charge is 0.194 e. The van der Waals surface area contributed by atoms with E-state index in [1.54, 1.807) is 11.3 Å². The molecule has 0 spiro atoms. The number of rotatable bonds is 4. The van der Waals surface area contributed by atoms with E-state index in [9.17, 15) is 0 Å². The van der Waals surface area contributed by atoms with Crippen LogP contribution < -0.4 is 5.32 Å². The first-order valence-corrected chi connectivity index (χ1v) is 9.11. The molecule has 0 amide bonds. The molecule has 1 aromatic heterocycles. The summed E-state index contributed by atoms with van der Waals surface area (Å²) in [4.78, 5) is 11.4. The lowest BCUT2D eigenvalue weighted by molar-refractivity contribution is 0.282. The van der Waals surface area contributed by atoms with Crippen molar-refractivity contribution in [2.24, 2.45) is 4.99 Å². The number of hydrogen-bond donors (Lipinski definition) is 2. The lowest BCUT2D eigenvalue weighted by atomic mass is 10.1. The van der Waals surface area contributed by atoms with Crippen LogP contribution in [0, 0.1) is 0 Å². The first kappa shape index (κ1) is 19.1. The SMILES string of the molecule is CN(Cc1nc2ccccc2s1)C1=NCC(c2ccc(CO)cc2)N1.I. The van der Waals surface area contributed by atoms with Crippen molar-refractivity contribution in [3.8, 4) is 0 Å². The Kier molecular flexibility index (Phi) is 6.10. The molecule has 2 N–H and O–H groups in total. The fourth-order valence-corrected chi connectivity index (χ4v) is 3.99. The first-order chi connectivity index (χ1) is 12.2. The second-order valence-electron chi connectivity index (χ2n) is 6.19. The van der Waals surface area contributed by atoms with Gasteiger partial charge in [-0.25, -0.2) is 4.98 Å². The second-order valence-corrected chi connectivity index (χ2v) is 7.31. The van der Waals surface area contributed by atoms with Gasteiger partial charge in [-0.15, -0.1) is 35.3 Å². The largest absolute Gasteiger partial charge is 0.392 e. The van der Waals surface area contributed by atoms with Gasteiger partial charge < -0.3 is 15.3 Å². The summed E-state index contributed by atoms with van der Waals surface area (Å²) < 4.78 is 1.22. The molecule has 4 rings (SSSR count). The normalized spacial score (nSPS) is 16.1. The summed E-state index contributed by atoms with van der Waals surface area (Å²) in [6, 6.07) is 16.4. The van der Waals surface area contributed by atoms with Crippen molar-refractivity contribution >= 4 is 51.5 Å². The van der Waals surface area contributed by atoms with Crippen LogP contribution in [-0.4, -0.2) is 34.5 Å². The average molecular weight is 480 g/mol. The topological polar surface area (TPSA) is 60.8 Å². The third kappa shape index (κ3) is 3.99. The van der Waals surface area contributed by atoms with Crippen LogP contribution in [0.25, 0.3) is 10.2 Å². The molecule has 0 bridgehead atoms. The molecule has 0 radical (unpaired) electrons. The molecular formula is C19H21IN4OS. The Bertz CT molecular complexity index is 876. The number of nitrogens with zero attached hydrogens (tertiary/aromatic N) is 3. The summed E-state index contributed by atoms with van der Waals surface area (Å²) in [7, 11) is 2.04. The molecule has 0 fully saturated rings. The maximum absolute atomic E-state index is 9.15. The number of para-hydroxylation sites is 1. The summed E-state index contributed by atoms with van der Waals surface area (Å²) in [6.07, 6.45) is 0. The lowest BCUT2D eigenvalue weighted by Crippen LogP contribution is -2.36. The number of guanidine groups is 1. The third-order valence-corrected chi connectivity index (χ3v) is 5.38. The van der Waals surface area contributed by atoms with E-state index in [-0.39, 0.29) is 36.6 Å². The molecule has 1 atom stereocenters. The Morgan fingerprint density at radius 1 is 1.19 bits per heavy atom. The molecule has 2 heterocycles. The van der Waals surface area contributed by atoms with Crippen LogP contribution in [0.1, 0.15) is 22.2 Å². The van der Waals surface area contributed by atoms with Crippen molar-refractivity contribution in [2.45, 2.75) is 19.2 Å². The van der Waals surface area contributed by atoms with E-state index in [0.717, 1.165) is 35.1 Å². The van der Waals surface area contributed by atoms with E-state index in [0.29, 0.717) is 0 Å². The predicted octanol–water partition coefficient (Wildman–Crippen LogP) is 3.54. The van der Waals surface area contributed by atoms with E-state index < -0.39 is 0 Å². The van der Waals surface area contributed by atoms with E-state index in [4.69, 9.17) is 10.1 Å². The van der Waals surface area contributed by atoms with Gasteiger partial charge in [0.05, 0.1) is 36.0 Å². The molecule has 1 unspecified atom stereocenters. The van der Waals surface area contributed by atoms with Crippen LogP contribution in [0.15, 0.2) is 53.5 Å². The quantitative estimate of drug-likeness (QED) is 0.561. The van der Waals surface area contributed by atoms with E-state index >= 15 is 0 Å². The van der Waals surface area contributed by atoms with Gasteiger partial charge in [0, 0.05) is 7.05 Å². The molecule has 7 heteroatoms. The Hall–Kier alpha value is -1.71. The zero-order chi connectivity index (χ0) is 17.2. The van der Waals surface area contributed by atoms with Gasteiger partial charge in [-0.05, 0) is 23.3 Å². The zero-order valence-electron chi connectivity index (χ0n) is 14.4. The molecule has 0 saturated heterocycles. The first-order valence-electron chi connectivity index (χ1n) is 8.29. The molecule has 26 heavy (non-hydrogen) atoms. The number of halogens is 1. The summed E-state index contributed by atoms with van der Waals surface area (Å²) >= 11 is 1.73. The van der Waals surface area contributed by atoms with Gasteiger partial charge in [-0.1, -0.05) is 36.4 Å². The molecule has 0 aliphatic carbocycles. The predicted molar refractivity (Wildman–Crippen MR) is 117 cm³/mol. The third-order valence-electron chi connectivity index (χ3n) is 4.36. The van der Waals surface area contributed by atoms with Gasteiger partial charge in [0.25, 0.3) is 0 Å². The van der Waals surface area contributed by atoms with E-state index in [2.05, 4.69) is 33.4 Å². The van der Waals surface area contributed by atoms with Gasteiger partial charge in [-0.3, -0.25) is 4.99 Å². The molecule has 2 aromatic carbocycles. The van der Waals surface area contributed by atoms with Gasteiger partial charge in [0.15, 0.2) is 5.96 Å². The number of aliphatic imine (C=N–C) groups is 1. The van der Waals surface area contributed by atoms with Gasteiger partial charge in [0.2, 0.25) is 0 Å². The Labute approximate surface area is 173 Å². The summed E-state index contributed by atoms with van der Waals surface area (Å²) in [5, 5.41) is 13.7. The number of aromatic nitrogens is 1. The highest BCUT2D eigenvalue weighted by molar-refractivity contribution is 14.0. The minimum absolute atomic E-state index is 0. The maximum atomic E-state index is 9.15. The number of hydrogen-bond acceptors (Lipinski definition) is 6. The van der Waals surface area contributed by atoms with Crippen LogP contribution >= 0.6 is 35.3 Å². The summed E-state index contributed by atoms with van der Waals surface area (Å²) in [6.45, 7) is 1.53. The highest BCUT2D eigenvalue weighted by atomic mass is 127. The van der Waals surface area contributed by atoms with Crippen molar-refractivity contribution in [1.82, 2.24) is 15.2 Å². The van der Waals surface area contributed by atoms with Crippen molar-refractivity contribution in [2.75, 3.05) is 13.6 Å². The highest BCUT2D eigenvalue weighted by Gasteiger charge is 2.22. The molecule has 136 valence electrons. The molecular weight excluding hydrogens is 459 g/mol. The highest BCUT2D eigenvalue weighted by Crippen LogP contribution is 2.23. The molecule has 0 saturated carbocycles. The van der Waals surface area contributed by atoms with Crippen molar-refractivity contribution in [1.29, 1.82) is 0 Å². The van der Waals surface area contributed by atoms with E-state index in [1.165, 1.54) is 10.3 Å². The van der Waals surface area contributed by atoms with Crippen molar-refractivity contribution < 1.29 is 5.11 Å². The Morgan fingerprint density at radius 3 is 2.69 bits per heavy atom. The molecule has 1 aliphatic heterocycles. The van der Waals surface area contributed by atoms with Crippen LogP contribution in [0.2, 0.25) is 0 Å². The number of aliphatic hydroxyl groups is 1. The number of fused-ring (bicyclic) bond motifs is 1. The van der Waals surface area contributed by atoms with Crippen LogP contribution in [0.5, 0.6) is 0 Å². The number of thiazole rings is 1. The van der Waals surface area contributed by atoms with Crippen LogP contribution in [0.4, 0.5) is 0 Å². The van der Waals surface area contributed by atoms with Crippen LogP contribution in [-0.2, 0) is 13.2 Å². The minimum Gasteiger partial charge on any atom is -0.392 e. The maximum Gasteiger partial charge on any atom is 0.194 e. The van der Waals surface area contributed by atoms with Crippen molar-refractivity contribution in [3.63, 3.8) is 0 Å². The fraction of sp³-hybridized carbons (Fsp3) is 0.263. The van der Waals surface area contributed by atoms with Gasteiger partial charge in [-0.2, -0.15) is 0 Å². The monoisotopic (exact) mass is 480 g/mol. The van der Waals surface area contributed by atoms with Crippen molar-refractivity contribution in [3.05, 3.63) is 64.7 Å². The average Bonchev–Trinajstić information content (AvgIpc) is 3.28. The van der Waals surface area contributed by atoms with Gasteiger partial charge in [0.1, 0.15) is 5.01 Å². The summed E-state index contributed by atoms with van der Waals surface area (Å²) in [5.41, 5.74) is 3.17. The fourth-order valence-electron chi connectivity index (χ4n) is 2.97. The standard InChI is InChI=1S/C19H20N4OS.HI/c1-23(11-18-21-15-4-2-3-5-17(15)25-18)19-20-10-16(22-19)14-8-6-13(12-24)7-9-14;/h2-9,16,24H,10-12H2,1H3,(H,20,22);1H. The Balaban J connectivity index is 0.00000196. The summed E-state index contributed by atoms with van der Waals surface area (Å²) in [5.74, 6) is 0.899. The van der Waals surface area contributed by atoms with Gasteiger partial charge >= 0.3 is 0 Å².